The van der Waals surface area contributed by atoms with Gasteiger partial charge in [0.25, 0.3) is 0 Å². The molecule has 0 radical (unpaired) electrons. The first-order valence-electron chi connectivity index (χ1n) is 6.20. The summed E-state index contributed by atoms with van der Waals surface area (Å²) in [6.07, 6.45) is 1.78. The number of nitrogens with zero attached hydrogens (tertiary/aromatic N) is 1. The fourth-order valence-electron chi connectivity index (χ4n) is 2.03. The van der Waals surface area contributed by atoms with Crippen LogP contribution in [0, 0.1) is 5.82 Å². The number of rotatable bonds is 4. The zero-order valence-corrected chi connectivity index (χ0v) is 12.5. The molecule has 2 atom stereocenters. The largest absolute Gasteiger partial charge is 0.302 e. The highest BCUT2D eigenvalue weighted by atomic mass is 79.9. The average Bonchev–Trinajstić information content (AvgIpc) is 2.39. The molecule has 2 aromatic rings. The van der Waals surface area contributed by atoms with Gasteiger partial charge in [-0.05, 0) is 43.7 Å². The Morgan fingerprint density at radius 3 is 2.58 bits per heavy atom. The molecule has 0 bridgehead atoms. The van der Waals surface area contributed by atoms with Crippen molar-refractivity contribution in [3.63, 3.8) is 0 Å². The van der Waals surface area contributed by atoms with Crippen molar-refractivity contribution >= 4 is 15.9 Å². The molecule has 1 heterocycles. The molecule has 0 aliphatic rings. The van der Waals surface area contributed by atoms with Crippen LogP contribution in [0.4, 0.5) is 4.39 Å². The highest BCUT2D eigenvalue weighted by Gasteiger charge is 2.14. The first-order valence-corrected chi connectivity index (χ1v) is 6.99. The van der Waals surface area contributed by atoms with E-state index in [0.717, 1.165) is 15.7 Å². The van der Waals surface area contributed by atoms with Gasteiger partial charge in [0.1, 0.15) is 5.82 Å². The minimum absolute atomic E-state index is 0.104. The van der Waals surface area contributed by atoms with E-state index >= 15 is 0 Å². The Labute approximate surface area is 121 Å². The Kier molecular flexibility index (Phi) is 4.66. The van der Waals surface area contributed by atoms with Crippen LogP contribution < -0.4 is 5.32 Å². The summed E-state index contributed by atoms with van der Waals surface area (Å²) in [5, 5.41) is 3.46. The fourth-order valence-corrected chi connectivity index (χ4v) is 2.73. The lowest BCUT2D eigenvalue weighted by atomic mass is 10.1. The van der Waals surface area contributed by atoms with E-state index in [1.165, 1.54) is 12.1 Å². The summed E-state index contributed by atoms with van der Waals surface area (Å²) in [6.45, 7) is 4.12. The van der Waals surface area contributed by atoms with Crippen molar-refractivity contribution in [1.82, 2.24) is 10.3 Å². The predicted octanol–water partition coefficient (Wildman–Crippen LogP) is 4.40. The molecule has 0 aliphatic carbocycles. The molecule has 1 aromatic heterocycles. The first kappa shape index (κ1) is 14.2. The lowest BCUT2D eigenvalue weighted by molar-refractivity contribution is 0.484. The molecule has 0 saturated heterocycles. The summed E-state index contributed by atoms with van der Waals surface area (Å²) in [4.78, 5) is 4.33. The van der Waals surface area contributed by atoms with E-state index in [1.54, 1.807) is 12.3 Å². The lowest BCUT2D eigenvalue weighted by Crippen LogP contribution is -2.23. The van der Waals surface area contributed by atoms with Crippen molar-refractivity contribution in [2.45, 2.75) is 25.9 Å². The normalized spacial score (nSPS) is 14.1. The van der Waals surface area contributed by atoms with Gasteiger partial charge in [0.15, 0.2) is 0 Å². The number of pyridine rings is 1. The van der Waals surface area contributed by atoms with Crippen LogP contribution in [0.2, 0.25) is 0 Å². The summed E-state index contributed by atoms with van der Waals surface area (Å²) in [7, 11) is 0. The number of hydrogen-bond donors (Lipinski definition) is 1. The van der Waals surface area contributed by atoms with Gasteiger partial charge in [-0.3, -0.25) is 4.98 Å². The minimum Gasteiger partial charge on any atom is -0.302 e. The molecule has 2 nitrogen and oxygen atoms in total. The van der Waals surface area contributed by atoms with E-state index in [1.807, 2.05) is 18.2 Å². The Hall–Kier alpha value is -1.26. The van der Waals surface area contributed by atoms with Gasteiger partial charge in [-0.2, -0.15) is 0 Å². The highest BCUT2D eigenvalue weighted by molar-refractivity contribution is 9.10. The minimum atomic E-state index is -0.236. The molecular formula is C15H16BrFN2. The molecule has 19 heavy (non-hydrogen) atoms. The molecule has 1 N–H and O–H groups in total. The summed E-state index contributed by atoms with van der Waals surface area (Å²) >= 11 is 3.40. The molecule has 0 saturated carbocycles. The van der Waals surface area contributed by atoms with Gasteiger partial charge < -0.3 is 5.32 Å². The first-order chi connectivity index (χ1) is 9.08. The van der Waals surface area contributed by atoms with E-state index in [-0.39, 0.29) is 17.9 Å². The quantitative estimate of drug-likeness (QED) is 0.902. The van der Waals surface area contributed by atoms with Gasteiger partial charge in [0.05, 0.1) is 5.69 Å². The zero-order valence-electron chi connectivity index (χ0n) is 10.9. The number of aromatic nitrogens is 1. The van der Waals surface area contributed by atoms with Gasteiger partial charge in [-0.25, -0.2) is 4.39 Å². The van der Waals surface area contributed by atoms with E-state index in [9.17, 15) is 4.39 Å². The maximum absolute atomic E-state index is 13.1. The number of hydrogen-bond acceptors (Lipinski definition) is 2. The maximum atomic E-state index is 13.1. The van der Waals surface area contributed by atoms with E-state index in [2.05, 4.69) is 40.1 Å². The van der Waals surface area contributed by atoms with Crippen LogP contribution in [0.15, 0.2) is 47.1 Å². The van der Waals surface area contributed by atoms with Crippen LogP contribution in [0.1, 0.15) is 37.2 Å². The van der Waals surface area contributed by atoms with E-state index < -0.39 is 0 Å². The Morgan fingerprint density at radius 1 is 1.16 bits per heavy atom. The molecule has 0 amide bonds. The summed E-state index contributed by atoms with van der Waals surface area (Å²) in [6, 6.07) is 10.9. The molecule has 2 rings (SSSR count). The van der Waals surface area contributed by atoms with E-state index in [4.69, 9.17) is 0 Å². The van der Waals surface area contributed by atoms with Crippen molar-refractivity contribution in [1.29, 1.82) is 0 Å². The van der Waals surface area contributed by atoms with Crippen LogP contribution >= 0.6 is 15.9 Å². The molecule has 4 heteroatoms. The monoisotopic (exact) mass is 322 g/mol. The second kappa shape index (κ2) is 6.26. The summed E-state index contributed by atoms with van der Waals surface area (Å²) in [5.41, 5.74) is 2.02. The topological polar surface area (TPSA) is 24.9 Å². The van der Waals surface area contributed by atoms with Crippen LogP contribution in [0.25, 0.3) is 0 Å². The molecule has 0 fully saturated rings. The second-order valence-electron chi connectivity index (χ2n) is 4.53. The third-order valence-corrected chi connectivity index (χ3v) is 3.75. The van der Waals surface area contributed by atoms with Crippen molar-refractivity contribution in [2.75, 3.05) is 0 Å². The van der Waals surface area contributed by atoms with Crippen molar-refractivity contribution < 1.29 is 4.39 Å². The van der Waals surface area contributed by atoms with Gasteiger partial charge in [0.2, 0.25) is 0 Å². The molecular weight excluding hydrogens is 307 g/mol. The predicted molar refractivity (Wildman–Crippen MR) is 78.3 cm³/mol. The fraction of sp³-hybridized carbons (Fsp3) is 0.267. The summed E-state index contributed by atoms with van der Waals surface area (Å²) < 4.78 is 13.9. The van der Waals surface area contributed by atoms with Crippen LogP contribution in [0.5, 0.6) is 0 Å². The lowest BCUT2D eigenvalue weighted by Gasteiger charge is -2.21. The molecule has 100 valence electrons. The Morgan fingerprint density at radius 2 is 1.95 bits per heavy atom. The van der Waals surface area contributed by atoms with Crippen LogP contribution in [-0.4, -0.2) is 4.98 Å². The molecule has 1 aromatic carbocycles. The Bertz CT molecular complexity index is 545. The number of halogens is 2. The average molecular weight is 323 g/mol. The SMILES string of the molecule is CC(NC(C)c1ccc(F)cc1Br)c1ccccn1. The molecule has 0 spiro atoms. The standard InChI is InChI=1S/C15H16BrFN2/c1-10(13-7-6-12(17)9-14(13)16)19-11(2)15-5-3-4-8-18-15/h3-11,19H,1-2H3. The number of benzene rings is 1. The molecule has 2 unspecified atom stereocenters. The highest BCUT2D eigenvalue weighted by Crippen LogP contribution is 2.26. The Balaban J connectivity index is 2.10. The van der Waals surface area contributed by atoms with Gasteiger partial charge in [0, 0.05) is 22.8 Å². The third-order valence-electron chi connectivity index (χ3n) is 3.06. The van der Waals surface area contributed by atoms with Crippen LogP contribution in [0.3, 0.4) is 0 Å². The van der Waals surface area contributed by atoms with Crippen LogP contribution in [-0.2, 0) is 0 Å². The number of nitrogens with one attached hydrogen (secondary N) is 1. The maximum Gasteiger partial charge on any atom is 0.124 e. The van der Waals surface area contributed by atoms with E-state index in [0.29, 0.717) is 0 Å². The zero-order chi connectivity index (χ0) is 13.8. The van der Waals surface area contributed by atoms with Gasteiger partial charge in [-0.1, -0.05) is 28.1 Å². The van der Waals surface area contributed by atoms with Crippen molar-refractivity contribution in [3.8, 4) is 0 Å². The van der Waals surface area contributed by atoms with Gasteiger partial charge in [-0.15, -0.1) is 0 Å². The van der Waals surface area contributed by atoms with Crippen molar-refractivity contribution in [2.24, 2.45) is 0 Å². The smallest absolute Gasteiger partial charge is 0.124 e. The second-order valence-corrected chi connectivity index (χ2v) is 5.38. The van der Waals surface area contributed by atoms with Gasteiger partial charge >= 0.3 is 0 Å². The summed E-state index contributed by atoms with van der Waals surface area (Å²) in [5.74, 6) is -0.236. The molecule has 0 aliphatic heterocycles. The third kappa shape index (κ3) is 3.61. The van der Waals surface area contributed by atoms with Crippen molar-refractivity contribution in [3.05, 3.63) is 64.1 Å².